The summed E-state index contributed by atoms with van der Waals surface area (Å²) in [5, 5.41) is 0. The van der Waals surface area contributed by atoms with Crippen LogP contribution in [0.4, 0.5) is 11.5 Å². The predicted octanol–water partition coefficient (Wildman–Crippen LogP) is 3.13. The van der Waals surface area contributed by atoms with Gasteiger partial charge in [-0.25, -0.2) is 4.79 Å². The van der Waals surface area contributed by atoms with Crippen LogP contribution in [-0.2, 0) is 11.3 Å². The first-order valence-electron chi connectivity index (χ1n) is 11.7. The first-order valence-corrected chi connectivity index (χ1v) is 13.7. The number of thioether (sulfide) groups is 2. The molecule has 176 valence electrons. The normalized spacial score (nSPS) is 25.4. The number of nitrogens with zero attached hydrogens (tertiary/aromatic N) is 2. The Kier molecular flexibility index (Phi) is 6.11. The zero-order chi connectivity index (χ0) is 23.2. The number of anilines is 2. The lowest BCUT2D eigenvalue weighted by Gasteiger charge is -2.43. The van der Waals surface area contributed by atoms with Crippen molar-refractivity contribution in [1.29, 1.82) is 0 Å². The summed E-state index contributed by atoms with van der Waals surface area (Å²) in [4.78, 5) is 43.0. The highest BCUT2D eigenvalue weighted by Gasteiger charge is 2.57. The van der Waals surface area contributed by atoms with E-state index in [-0.39, 0.29) is 29.9 Å². The second-order valence-corrected chi connectivity index (χ2v) is 12.2. The first kappa shape index (κ1) is 22.7. The average Bonchev–Trinajstić information content (AvgIpc) is 3.35. The molecule has 7 nitrogen and oxygen atoms in total. The summed E-state index contributed by atoms with van der Waals surface area (Å²) < 4.78 is 1.64. The van der Waals surface area contributed by atoms with E-state index in [1.165, 1.54) is 33.8 Å². The largest absolute Gasteiger partial charge is 0.383 e. The Labute approximate surface area is 201 Å². The SMILES string of the molecule is CCN(C(=O)C1CC2CCC(C1)C21SCCS1)c1c(N)n(Cc2ccccc2)c(=O)[nH]c1=O. The molecule has 2 unspecified atom stereocenters. The summed E-state index contributed by atoms with van der Waals surface area (Å²) in [5.41, 5.74) is 6.19. The maximum atomic E-state index is 13.7. The molecule has 2 bridgehead atoms. The van der Waals surface area contributed by atoms with E-state index in [1.54, 1.807) is 0 Å². The monoisotopic (exact) mass is 486 g/mol. The third-order valence-electron chi connectivity index (χ3n) is 7.48. The Balaban J connectivity index is 1.44. The van der Waals surface area contributed by atoms with E-state index >= 15 is 0 Å². The molecule has 2 aromatic rings. The maximum Gasteiger partial charge on any atom is 0.330 e. The van der Waals surface area contributed by atoms with Crippen LogP contribution in [-0.4, -0.2) is 37.6 Å². The van der Waals surface area contributed by atoms with Gasteiger partial charge in [0.05, 0.1) is 10.6 Å². The molecule has 2 aliphatic carbocycles. The summed E-state index contributed by atoms with van der Waals surface area (Å²) in [5.74, 6) is 3.38. The molecule has 3 fully saturated rings. The first-order chi connectivity index (χ1) is 15.9. The van der Waals surface area contributed by atoms with Gasteiger partial charge in [-0.05, 0) is 50.0 Å². The highest BCUT2D eigenvalue weighted by Crippen LogP contribution is 2.66. The molecule has 1 amide bonds. The minimum atomic E-state index is -0.603. The molecule has 1 aromatic heterocycles. The van der Waals surface area contributed by atoms with Crippen LogP contribution in [0.5, 0.6) is 0 Å². The van der Waals surface area contributed by atoms with Crippen LogP contribution in [0.3, 0.4) is 0 Å². The van der Waals surface area contributed by atoms with Gasteiger partial charge in [0.1, 0.15) is 5.82 Å². The lowest BCUT2D eigenvalue weighted by atomic mass is 9.79. The molecule has 5 rings (SSSR count). The van der Waals surface area contributed by atoms with Gasteiger partial charge >= 0.3 is 5.69 Å². The number of nitrogen functional groups attached to an aromatic ring is 1. The van der Waals surface area contributed by atoms with E-state index in [0.29, 0.717) is 22.5 Å². The topological polar surface area (TPSA) is 101 Å². The van der Waals surface area contributed by atoms with Crippen LogP contribution < -0.4 is 21.9 Å². The number of amides is 1. The Morgan fingerprint density at radius 2 is 1.79 bits per heavy atom. The van der Waals surface area contributed by atoms with Crippen molar-refractivity contribution in [3.05, 3.63) is 56.7 Å². The molecule has 2 heterocycles. The zero-order valence-corrected chi connectivity index (χ0v) is 20.4. The van der Waals surface area contributed by atoms with Gasteiger partial charge in [0, 0.05) is 24.0 Å². The number of H-pyrrole nitrogens is 1. The minimum absolute atomic E-state index is 0.0416. The van der Waals surface area contributed by atoms with E-state index in [9.17, 15) is 14.4 Å². The number of nitrogens with two attached hydrogens (primary N) is 1. The lowest BCUT2D eigenvalue weighted by Crippen LogP contribution is -2.47. The smallest absolute Gasteiger partial charge is 0.330 e. The molecular formula is C24H30N4O3S2. The van der Waals surface area contributed by atoms with E-state index < -0.39 is 11.2 Å². The van der Waals surface area contributed by atoms with E-state index in [4.69, 9.17) is 5.73 Å². The van der Waals surface area contributed by atoms with Crippen LogP contribution in [0.15, 0.2) is 39.9 Å². The molecule has 2 atom stereocenters. The van der Waals surface area contributed by atoms with Crippen molar-refractivity contribution >= 4 is 40.9 Å². The summed E-state index contributed by atoms with van der Waals surface area (Å²) in [6.45, 7) is 2.41. The number of nitrogens with one attached hydrogen (secondary N) is 1. The molecule has 1 spiro atoms. The van der Waals surface area contributed by atoms with E-state index in [0.717, 1.165) is 18.4 Å². The van der Waals surface area contributed by atoms with Crippen molar-refractivity contribution in [3.63, 3.8) is 0 Å². The number of benzene rings is 1. The Morgan fingerprint density at radius 3 is 2.39 bits per heavy atom. The maximum absolute atomic E-state index is 13.7. The van der Waals surface area contributed by atoms with E-state index in [2.05, 4.69) is 28.5 Å². The van der Waals surface area contributed by atoms with Gasteiger partial charge < -0.3 is 10.6 Å². The third kappa shape index (κ3) is 3.83. The average molecular weight is 487 g/mol. The predicted molar refractivity (Wildman–Crippen MR) is 136 cm³/mol. The summed E-state index contributed by atoms with van der Waals surface area (Å²) >= 11 is 4.21. The molecular weight excluding hydrogens is 456 g/mol. The number of aromatic nitrogens is 2. The van der Waals surface area contributed by atoms with Crippen LogP contribution in [0.25, 0.3) is 0 Å². The summed E-state index contributed by atoms with van der Waals surface area (Å²) in [7, 11) is 0. The number of carbonyl (C=O) groups excluding carboxylic acids is 1. The minimum Gasteiger partial charge on any atom is -0.383 e. The number of hydrogen-bond donors (Lipinski definition) is 2. The van der Waals surface area contributed by atoms with Crippen molar-refractivity contribution < 1.29 is 4.79 Å². The highest BCUT2D eigenvalue weighted by molar-refractivity contribution is 8.21. The van der Waals surface area contributed by atoms with Crippen molar-refractivity contribution in [1.82, 2.24) is 9.55 Å². The van der Waals surface area contributed by atoms with Gasteiger partial charge in [0.15, 0.2) is 5.69 Å². The molecule has 9 heteroatoms. The number of carbonyl (C=O) groups is 1. The second-order valence-electron chi connectivity index (χ2n) is 9.21. The van der Waals surface area contributed by atoms with Crippen molar-refractivity contribution in [2.24, 2.45) is 17.8 Å². The molecule has 3 N–H and O–H groups in total. The molecule has 2 saturated carbocycles. The van der Waals surface area contributed by atoms with Gasteiger partial charge in [-0.1, -0.05) is 30.3 Å². The number of aromatic amines is 1. The molecule has 0 radical (unpaired) electrons. The highest BCUT2D eigenvalue weighted by atomic mass is 32.2. The van der Waals surface area contributed by atoms with Crippen LogP contribution in [0.1, 0.15) is 38.2 Å². The van der Waals surface area contributed by atoms with Crippen molar-refractivity contribution in [3.8, 4) is 0 Å². The molecule has 33 heavy (non-hydrogen) atoms. The number of rotatable bonds is 5. The number of hydrogen-bond acceptors (Lipinski definition) is 6. The van der Waals surface area contributed by atoms with E-state index in [1.807, 2.05) is 37.3 Å². The van der Waals surface area contributed by atoms with Gasteiger partial charge in [-0.15, -0.1) is 23.5 Å². The standard InChI is InChI=1S/C24H30N4O3S2/c1-2-27(22(30)16-12-17-8-9-18(13-16)24(17)32-10-11-33-24)19-20(25)28(23(31)26-21(19)29)14-15-6-4-3-5-7-15/h3-7,16-18H,2,8-14,25H2,1H3,(H,26,29,31). The van der Waals surface area contributed by atoms with Crippen molar-refractivity contribution in [2.45, 2.75) is 43.2 Å². The fraction of sp³-hybridized carbons (Fsp3) is 0.542. The molecule has 1 aliphatic heterocycles. The molecule has 3 aliphatic rings. The fourth-order valence-electron chi connectivity index (χ4n) is 6.01. The summed E-state index contributed by atoms with van der Waals surface area (Å²) in [6.07, 6.45) is 4.11. The molecule has 1 saturated heterocycles. The zero-order valence-electron chi connectivity index (χ0n) is 18.8. The molecule has 1 aromatic carbocycles. The Hall–Kier alpha value is -2.13. The fourth-order valence-corrected chi connectivity index (χ4v) is 9.95. The Bertz CT molecular complexity index is 1140. The van der Waals surface area contributed by atoms with Crippen LogP contribution >= 0.6 is 23.5 Å². The Morgan fingerprint density at radius 1 is 1.15 bits per heavy atom. The second kappa shape index (κ2) is 8.91. The van der Waals surface area contributed by atoms with Gasteiger partial charge in [-0.2, -0.15) is 0 Å². The van der Waals surface area contributed by atoms with Gasteiger partial charge in [-0.3, -0.25) is 19.1 Å². The third-order valence-corrected chi connectivity index (χ3v) is 11.5. The summed E-state index contributed by atoms with van der Waals surface area (Å²) in [6, 6.07) is 9.46. The van der Waals surface area contributed by atoms with Crippen LogP contribution in [0.2, 0.25) is 0 Å². The van der Waals surface area contributed by atoms with Gasteiger partial charge in [0.2, 0.25) is 5.91 Å². The van der Waals surface area contributed by atoms with Crippen LogP contribution in [0, 0.1) is 17.8 Å². The van der Waals surface area contributed by atoms with Gasteiger partial charge in [0.25, 0.3) is 5.56 Å². The van der Waals surface area contributed by atoms with Crippen molar-refractivity contribution in [2.75, 3.05) is 28.7 Å². The lowest BCUT2D eigenvalue weighted by molar-refractivity contribution is -0.124. The quantitative estimate of drug-likeness (QED) is 0.673.